The summed E-state index contributed by atoms with van der Waals surface area (Å²) in [7, 11) is 0. The second kappa shape index (κ2) is 6.84. The smallest absolute Gasteiger partial charge is 0.355 e. The van der Waals surface area contributed by atoms with Crippen LogP contribution in [0.5, 0.6) is 0 Å². The van der Waals surface area contributed by atoms with E-state index in [2.05, 4.69) is 5.32 Å². The van der Waals surface area contributed by atoms with Gasteiger partial charge in [0.25, 0.3) is 0 Å². The van der Waals surface area contributed by atoms with Gasteiger partial charge in [0.2, 0.25) is 11.8 Å². The van der Waals surface area contributed by atoms with Gasteiger partial charge in [-0.2, -0.15) is 13.2 Å². The van der Waals surface area contributed by atoms with Gasteiger partial charge in [-0.1, -0.05) is 18.6 Å². The van der Waals surface area contributed by atoms with Crippen LogP contribution in [0.1, 0.15) is 42.7 Å². The average Bonchev–Trinajstić information content (AvgIpc) is 3.11. The van der Waals surface area contributed by atoms with Crippen molar-refractivity contribution in [3.8, 4) is 0 Å². The summed E-state index contributed by atoms with van der Waals surface area (Å²) in [6.45, 7) is 1.74. The summed E-state index contributed by atoms with van der Waals surface area (Å²) in [5.41, 5.74) is 0.309. The molecule has 2 amide bonds. The third-order valence-electron chi connectivity index (χ3n) is 6.23. The zero-order valence-electron chi connectivity index (χ0n) is 15.0. The molecule has 0 aromatic heterocycles. The number of fused-ring (bicyclic) bond motifs is 1. The van der Waals surface area contributed by atoms with Crippen molar-refractivity contribution in [2.24, 2.45) is 17.8 Å². The maximum atomic E-state index is 12.8. The standard InChI is InChI=1S/C20H23F3N2O2/c21-20(22,23)14-7-5-12(6-8-14)18-15-10-25(11-16(15)18)19(27)13-3-1-2-4-17(26)24-9-13/h5-8,13,15-16,18H,1-4,9-11H2,(H,24,26)/t13-,15-,16+,18+/m1/s1. The lowest BCUT2D eigenvalue weighted by molar-refractivity contribution is -0.138. The highest BCUT2D eigenvalue weighted by molar-refractivity contribution is 5.81. The Morgan fingerprint density at radius 3 is 2.37 bits per heavy atom. The number of amides is 2. The highest BCUT2D eigenvalue weighted by Gasteiger charge is 2.57. The molecule has 3 fully saturated rings. The number of nitrogens with zero attached hydrogens (tertiary/aromatic N) is 1. The molecule has 4 nitrogen and oxygen atoms in total. The number of hydrogen-bond acceptors (Lipinski definition) is 2. The first kappa shape index (κ1) is 18.3. The van der Waals surface area contributed by atoms with Gasteiger partial charge in [0, 0.05) is 26.1 Å². The highest BCUT2D eigenvalue weighted by atomic mass is 19.4. The number of benzene rings is 1. The van der Waals surface area contributed by atoms with Gasteiger partial charge < -0.3 is 10.2 Å². The van der Waals surface area contributed by atoms with E-state index in [4.69, 9.17) is 0 Å². The molecular formula is C20H23F3N2O2. The van der Waals surface area contributed by atoms with Crippen LogP contribution in [0.25, 0.3) is 0 Å². The van der Waals surface area contributed by atoms with Crippen LogP contribution >= 0.6 is 0 Å². The van der Waals surface area contributed by atoms with Crippen molar-refractivity contribution in [1.82, 2.24) is 10.2 Å². The van der Waals surface area contributed by atoms with E-state index in [1.54, 1.807) is 12.1 Å². The average molecular weight is 380 g/mol. The molecule has 2 aliphatic heterocycles. The van der Waals surface area contributed by atoms with Crippen LogP contribution in [0.15, 0.2) is 24.3 Å². The van der Waals surface area contributed by atoms with E-state index in [1.165, 1.54) is 0 Å². The first-order valence-corrected chi connectivity index (χ1v) is 9.57. The van der Waals surface area contributed by atoms with Crippen LogP contribution in [0.4, 0.5) is 13.2 Å². The van der Waals surface area contributed by atoms with Crippen LogP contribution in [0.2, 0.25) is 0 Å². The zero-order valence-corrected chi connectivity index (χ0v) is 15.0. The van der Waals surface area contributed by atoms with Crippen molar-refractivity contribution in [2.75, 3.05) is 19.6 Å². The molecule has 146 valence electrons. The van der Waals surface area contributed by atoms with E-state index >= 15 is 0 Å². The van der Waals surface area contributed by atoms with E-state index in [-0.39, 0.29) is 23.7 Å². The molecule has 1 N–H and O–H groups in total. The Morgan fingerprint density at radius 1 is 1.07 bits per heavy atom. The topological polar surface area (TPSA) is 49.4 Å². The number of nitrogens with one attached hydrogen (secondary N) is 1. The molecule has 0 unspecified atom stereocenters. The minimum Gasteiger partial charge on any atom is -0.355 e. The number of alkyl halides is 3. The maximum absolute atomic E-state index is 12.8. The van der Waals surface area contributed by atoms with Crippen LogP contribution in [-0.2, 0) is 15.8 Å². The summed E-state index contributed by atoms with van der Waals surface area (Å²) in [6, 6.07) is 5.43. The lowest BCUT2D eigenvalue weighted by Gasteiger charge is -2.27. The summed E-state index contributed by atoms with van der Waals surface area (Å²) in [5.74, 6) is 0.905. The van der Waals surface area contributed by atoms with Crippen molar-refractivity contribution in [1.29, 1.82) is 0 Å². The minimum atomic E-state index is -4.31. The molecule has 0 radical (unpaired) electrons. The number of piperidine rings is 1. The molecule has 3 aliphatic rings. The summed E-state index contributed by atoms with van der Waals surface area (Å²) in [4.78, 5) is 26.2. The van der Waals surface area contributed by atoms with Crippen LogP contribution < -0.4 is 5.32 Å². The predicted octanol–water partition coefficient (Wildman–Crippen LogP) is 3.18. The molecule has 2 heterocycles. The molecule has 4 rings (SSSR count). The van der Waals surface area contributed by atoms with Crippen molar-refractivity contribution < 1.29 is 22.8 Å². The molecule has 0 bridgehead atoms. The number of carbonyl (C=O) groups is 2. The van der Waals surface area contributed by atoms with Gasteiger partial charge in [-0.3, -0.25) is 9.59 Å². The molecule has 1 aliphatic carbocycles. The molecule has 4 atom stereocenters. The van der Waals surface area contributed by atoms with Gasteiger partial charge in [-0.15, -0.1) is 0 Å². The highest BCUT2D eigenvalue weighted by Crippen LogP contribution is 2.58. The quantitative estimate of drug-likeness (QED) is 0.857. The fraction of sp³-hybridized carbons (Fsp3) is 0.600. The largest absolute Gasteiger partial charge is 0.416 e. The van der Waals surface area contributed by atoms with E-state index in [1.807, 2.05) is 4.90 Å². The van der Waals surface area contributed by atoms with Crippen molar-refractivity contribution in [3.63, 3.8) is 0 Å². The van der Waals surface area contributed by atoms with E-state index in [0.29, 0.717) is 37.9 Å². The first-order valence-electron chi connectivity index (χ1n) is 9.57. The first-order chi connectivity index (χ1) is 12.8. The lowest BCUT2D eigenvalue weighted by atomic mass is 9.97. The monoisotopic (exact) mass is 380 g/mol. The van der Waals surface area contributed by atoms with E-state index in [0.717, 1.165) is 37.0 Å². The Labute approximate surface area is 156 Å². The van der Waals surface area contributed by atoms with Gasteiger partial charge in [0.15, 0.2) is 0 Å². The molecule has 1 aromatic carbocycles. The SMILES string of the molecule is O=C1CCCC[C@@H](C(=O)N2C[C@@H]3[C@H](C2)[C@H]3c2ccc(C(F)(F)F)cc2)CN1. The zero-order chi connectivity index (χ0) is 19.2. The van der Waals surface area contributed by atoms with Gasteiger partial charge in [-0.25, -0.2) is 0 Å². The third-order valence-corrected chi connectivity index (χ3v) is 6.23. The van der Waals surface area contributed by atoms with Crippen molar-refractivity contribution in [2.45, 2.75) is 37.8 Å². The van der Waals surface area contributed by atoms with Crippen LogP contribution in [0, 0.1) is 17.8 Å². The summed E-state index contributed by atoms with van der Waals surface area (Å²) in [6.07, 6.45) is -1.28. The number of carbonyl (C=O) groups excluding carboxylic acids is 2. The molecule has 0 spiro atoms. The lowest BCUT2D eigenvalue weighted by Crippen LogP contribution is -2.42. The van der Waals surface area contributed by atoms with Crippen molar-refractivity contribution >= 4 is 11.8 Å². The van der Waals surface area contributed by atoms with Gasteiger partial charge in [-0.05, 0) is 48.3 Å². The predicted molar refractivity (Wildman–Crippen MR) is 92.7 cm³/mol. The minimum absolute atomic E-state index is 0.0131. The second-order valence-electron chi connectivity index (χ2n) is 7.96. The fourth-order valence-corrected chi connectivity index (χ4v) is 4.67. The van der Waals surface area contributed by atoms with Crippen LogP contribution in [-0.4, -0.2) is 36.3 Å². The Morgan fingerprint density at radius 2 is 1.74 bits per heavy atom. The number of hydrogen-bond donors (Lipinski definition) is 1. The Kier molecular flexibility index (Phi) is 4.64. The van der Waals surface area contributed by atoms with E-state index < -0.39 is 11.7 Å². The molecule has 2 saturated heterocycles. The normalized spacial score (nSPS) is 30.9. The van der Waals surface area contributed by atoms with Crippen LogP contribution in [0.3, 0.4) is 0 Å². The number of likely N-dealkylation sites (tertiary alicyclic amines) is 1. The third kappa shape index (κ3) is 3.69. The summed E-state index contributed by atoms with van der Waals surface area (Å²) < 4.78 is 38.1. The second-order valence-corrected chi connectivity index (χ2v) is 7.96. The van der Waals surface area contributed by atoms with Gasteiger partial charge in [0.05, 0.1) is 11.5 Å². The van der Waals surface area contributed by atoms with Gasteiger partial charge >= 0.3 is 6.18 Å². The fourth-order valence-electron chi connectivity index (χ4n) is 4.67. The Hall–Kier alpha value is -2.05. The molecular weight excluding hydrogens is 357 g/mol. The van der Waals surface area contributed by atoms with E-state index in [9.17, 15) is 22.8 Å². The maximum Gasteiger partial charge on any atom is 0.416 e. The number of halogens is 3. The number of rotatable bonds is 2. The molecule has 27 heavy (non-hydrogen) atoms. The summed E-state index contributed by atoms with van der Waals surface area (Å²) >= 11 is 0. The van der Waals surface area contributed by atoms with Gasteiger partial charge in [0.1, 0.15) is 0 Å². The van der Waals surface area contributed by atoms with Crippen molar-refractivity contribution in [3.05, 3.63) is 35.4 Å². The Balaban J connectivity index is 1.34. The molecule has 1 saturated carbocycles. The summed E-state index contributed by atoms with van der Waals surface area (Å²) in [5, 5.41) is 2.84. The molecule has 1 aromatic rings. The molecule has 7 heteroatoms. The Bertz CT molecular complexity index is 720.